The lowest BCUT2D eigenvalue weighted by atomic mass is 10.2. The molecule has 0 radical (unpaired) electrons. The van der Waals surface area contributed by atoms with Gasteiger partial charge in [0.1, 0.15) is 6.54 Å². The molecule has 0 saturated heterocycles. The molecule has 0 unspecified atom stereocenters. The highest BCUT2D eigenvalue weighted by Crippen LogP contribution is 2.20. The molecular formula is C17H25N3O3. The minimum Gasteiger partial charge on any atom is -0.344 e. The van der Waals surface area contributed by atoms with E-state index in [2.05, 4.69) is 12.2 Å². The van der Waals surface area contributed by atoms with E-state index in [1.54, 1.807) is 36.2 Å². The number of unbranched alkanes of at least 4 members (excludes halogenated alkanes) is 1. The number of benzene rings is 1. The fraction of sp³-hybridized carbons (Fsp3) is 0.471. The van der Waals surface area contributed by atoms with Gasteiger partial charge in [0.2, 0.25) is 17.7 Å². The number of hydrogen-bond donors (Lipinski definition) is 1. The molecule has 23 heavy (non-hydrogen) atoms. The van der Waals surface area contributed by atoms with Crippen LogP contribution in [-0.2, 0) is 14.4 Å². The molecule has 0 spiro atoms. The Morgan fingerprint density at radius 3 is 2.43 bits per heavy atom. The van der Waals surface area contributed by atoms with Gasteiger partial charge in [-0.2, -0.15) is 0 Å². The first kappa shape index (κ1) is 18.7. The Bertz CT molecular complexity index is 572. The van der Waals surface area contributed by atoms with Crippen LogP contribution in [0.25, 0.3) is 0 Å². The van der Waals surface area contributed by atoms with Crippen LogP contribution in [0.4, 0.5) is 11.4 Å². The highest BCUT2D eigenvalue weighted by molar-refractivity contribution is 5.98. The zero-order valence-electron chi connectivity index (χ0n) is 14.3. The van der Waals surface area contributed by atoms with Crippen LogP contribution >= 0.6 is 0 Å². The molecule has 0 bridgehead atoms. The van der Waals surface area contributed by atoms with E-state index < -0.39 is 0 Å². The maximum atomic E-state index is 12.3. The molecule has 1 aromatic carbocycles. The fourth-order valence-electron chi connectivity index (χ4n) is 2.12. The molecule has 0 aromatic heterocycles. The van der Waals surface area contributed by atoms with Crippen molar-refractivity contribution in [3.63, 3.8) is 0 Å². The number of carbonyl (C=O) groups excluding carboxylic acids is 3. The number of likely N-dealkylation sites (N-methyl/N-ethyl adjacent to an activating group) is 1. The van der Waals surface area contributed by atoms with Crippen molar-refractivity contribution in [1.82, 2.24) is 4.90 Å². The Balaban J connectivity index is 2.88. The summed E-state index contributed by atoms with van der Waals surface area (Å²) < 4.78 is 0. The van der Waals surface area contributed by atoms with Gasteiger partial charge in [0.15, 0.2) is 0 Å². The summed E-state index contributed by atoms with van der Waals surface area (Å²) in [6.07, 6.45) is 1.94. The van der Waals surface area contributed by atoms with E-state index in [0.29, 0.717) is 17.9 Å². The lowest BCUT2D eigenvalue weighted by molar-refractivity contribution is -0.130. The summed E-state index contributed by atoms with van der Waals surface area (Å²) in [4.78, 5) is 38.4. The van der Waals surface area contributed by atoms with Crippen LogP contribution in [0.15, 0.2) is 24.3 Å². The molecule has 6 nitrogen and oxygen atoms in total. The predicted molar refractivity (Wildman–Crippen MR) is 91.3 cm³/mol. The van der Waals surface area contributed by atoms with Crippen molar-refractivity contribution in [3.8, 4) is 0 Å². The first-order valence-electron chi connectivity index (χ1n) is 7.74. The number of rotatable bonds is 7. The number of carbonyl (C=O) groups is 3. The van der Waals surface area contributed by atoms with Crippen LogP contribution in [0.2, 0.25) is 0 Å². The third-order valence-corrected chi connectivity index (χ3v) is 3.42. The van der Waals surface area contributed by atoms with Gasteiger partial charge < -0.3 is 15.1 Å². The van der Waals surface area contributed by atoms with E-state index in [1.165, 1.54) is 18.7 Å². The largest absolute Gasteiger partial charge is 0.344 e. The SMILES string of the molecule is CCCCN(C)C(=O)CN(C(C)=O)c1cccc(NC(C)=O)c1. The molecular weight excluding hydrogens is 294 g/mol. The number of hydrogen-bond acceptors (Lipinski definition) is 3. The van der Waals surface area contributed by atoms with Gasteiger partial charge >= 0.3 is 0 Å². The van der Waals surface area contributed by atoms with Gasteiger partial charge in [-0.15, -0.1) is 0 Å². The molecule has 1 N–H and O–H groups in total. The standard InChI is InChI=1S/C17H25N3O3/c1-5-6-10-19(4)17(23)12-20(14(3)22)16-9-7-8-15(11-16)18-13(2)21/h7-9,11H,5-6,10,12H2,1-4H3,(H,18,21). The summed E-state index contributed by atoms with van der Waals surface area (Å²) in [5.74, 6) is -0.521. The first-order valence-corrected chi connectivity index (χ1v) is 7.74. The molecule has 1 rings (SSSR count). The Hall–Kier alpha value is -2.37. The van der Waals surface area contributed by atoms with E-state index in [-0.39, 0.29) is 24.3 Å². The third-order valence-electron chi connectivity index (χ3n) is 3.42. The zero-order valence-corrected chi connectivity index (χ0v) is 14.3. The summed E-state index contributed by atoms with van der Waals surface area (Å²) in [5.41, 5.74) is 1.18. The second-order valence-corrected chi connectivity index (χ2v) is 5.51. The van der Waals surface area contributed by atoms with E-state index in [1.807, 2.05) is 0 Å². The topological polar surface area (TPSA) is 69.7 Å². The molecule has 0 atom stereocenters. The molecule has 0 aliphatic heterocycles. The smallest absolute Gasteiger partial charge is 0.242 e. The summed E-state index contributed by atoms with van der Waals surface area (Å²) in [6.45, 7) is 5.56. The minimum absolute atomic E-state index is 0.0148. The van der Waals surface area contributed by atoms with E-state index >= 15 is 0 Å². The number of anilines is 2. The molecule has 6 heteroatoms. The summed E-state index contributed by atoms with van der Waals surface area (Å²) in [6, 6.07) is 6.90. The highest BCUT2D eigenvalue weighted by atomic mass is 16.2. The van der Waals surface area contributed by atoms with Crippen molar-refractivity contribution in [2.45, 2.75) is 33.6 Å². The molecule has 3 amide bonds. The normalized spacial score (nSPS) is 10.1. The van der Waals surface area contributed by atoms with E-state index in [9.17, 15) is 14.4 Å². The second-order valence-electron chi connectivity index (χ2n) is 5.51. The molecule has 1 aromatic rings. The molecule has 0 aliphatic carbocycles. The molecule has 0 fully saturated rings. The predicted octanol–water partition coefficient (Wildman–Crippen LogP) is 2.26. The van der Waals surface area contributed by atoms with Gasteiger partial charge in [0.05, 0.1) is 0 Å². The van der Waals surface area contributed by atoms with Gasteiger partial charge in [0, 0.05) is 38.8 Å². The molecule has 0 saturated carbocycles. The van der Waals surface area contributed by atoms with Crippen molar-refractivity contribution in [3.05, 3.63) is 24.3 Å². The van der Waals surface area contributed by atoms with Crippen LogP contribution in [0.1, 0.15) is 33.6 Å². The Morgan fingerprint density at radius 1 is 1.17 bits per heavy atom. The summed E-state index contributed by atoms with van der Waals surface area (Å²) in [7, 11) is 1.74. The van der Waals surface area contributed by atoms with E-state index in [4.69, 9.17) is 0 Å². The summed E-state index contributed by atoms with van der Waals surface area (Å²) >= 11 is 0. The lowest BCUT2D eigenvalue weighted by Gasteiger charge is -2.24. The van der Waals surface area contributed by atoms with Gasteiger partial charge in [-0.05, 0) is 24.6 Å². The second kappa shape index (κ2) is 8.92. The maximum absolute atomic E-state index is 12.3. The monoisotopic (exact) mass is 319 g/mol. The lowest BCUT2D eigenvalue weighted by Crippen LogP contribution is -2.41. The van der Waals surface area contributed by atoms with Gasteiger partial charge in [-0.1, -0.05) is 19.4 Å². The van der Waals surface area contributed by atoms with Crippen LogP contribution in [-0.4, -0.2) is 42.8 Å². The van der Waals surface area contributed by atoms with Crippen molar-refractivity contribution in [2.75, 3.05) is 30.4 Å². The number of nitrogens with one attached hydrogen (secondary N) is 1. The molecule has 0 heterocycles. The Morgan fingerprint density at radius 2 is 1.87 bits per heavy atom. The zero-order chi connectivity index (χ0) is 17.4. The Kier molecular flexibility index (Phi) is 7.25. The minimum atomic E-state index is -0.220. The van der Waals surface area contributed by atoms with Crippen LogP contribution < -0.4 is 10.2 Å². The number of nitrogens with zero attached hydrogens (tertiary/aromatic N) is 2. The maximum Gasteiger partial charge on any atom is 0.242 e. The van der Waals surface area contributed by atoms with Crippen molar-refractivity contribution in [2.24, 2.45) is 0 Å². The fourth-order valence-corrected chi connectivity index (χ4v) is 2.12. The molecule has 126 valence electrons. The molecule has 0 aliphatic rings. The van der Waals surface area contributed by atoms with Crippen molar-refractivity contribution < 1.29 is 14.4 Å². The van der Waals surface area contributed by atoms with E-state index in [0.717, 1.165) is 12.8 Å². The van der Waals surface area contributed by atoms with Gasteiger partial charge in [-0.25, -0.2) is 0 Å². The van der Waals surface area contributed by atoms with Crippen molar-refractivity contribution >= 4 is 29.1 Å². The highest BCUT2D eigenvalue weighted by Gasteiger charge is 2.18. The van der Waals surface area contributed by atoms with Crippen LogP contribution in [0.3, 0.4) is 0 Å². The quantitative estimate of drug-likeness (QED) is 0.838. The summed E-state index contributed by atoms with van der Waals surface area (Å²) in [5, 5.41) is 2.67. The van der Waals surface area contributed by atoms with Gasteiger partial charge in [-0.3, -0.25) is 14.4 Å². The Labute approximate surface area is 137 Å². The van der Waals surface area contributed by atoms with Crippen molar-refractivity contribution in [1.29, 1.82) is 0 Å². The third kappa shape index (κ3) is 6.10. The van der Waals surface area contributed by atoms with Crippen LogP contribution in [0, 0.1) is 0 Å². The average molecular weight is 319 g/mol. The number of amides is 3. The first-order chi connectivity index (χ1) is 10.8. The van der Waals surface area contributed by atoms with Crippen LogP contribution in [0.5, 0.6) is 0 Å². The van der Waals surface area contributed by atoms with Gasteiger partial charge in [0.25, 0.3) is 0 Å². The average Bonchev–Trinajstić information content (AvgIpc) is 2.49.